The minimum Gasteiger partial charge on any atom is -0.421 e. The number of nitrogens with one attached hydrogen (secondary N) is 4. The van der Waals surface area contributed by atoms with E-state index in [9.17, 15) is 0 Å². The van der Waals surface area contributed by atoms with Crippen LogP contribution in [0, 0.1) is 27.6 Å². The van der Waals surface area contributed by atoms with Crippen molar-refractivity contribution >= 4 is 89.0 Å². The Morgan fingerprint density at radius 2 is 0.651 bits per heavy atom. The molecule has 0 aliphatic heterocycles. The van der Waals surface area contributed by atoms with Crippen molar-refractivity contribution in [2.24, 2.45) is 5.92 Å². The minimum atomic E-state index is -0.225. The van der Waals surface area contributed by atoms with Crippen LogP contribution < -0.4 is 0 Å². The smallest absolute Gasteiger partial charge is 0.221 e. The zero-order valence-corrected chi connectivity index (χ0v) is 45.5. The number of hydrogen-bond acceptors (Lipinski definition) is 6. The van der Waals surface area contributed by atoms with E-state index < -0.39 is 0 Å². The highest BCUT2D eigenvalue weighted by molar-refractivity contribution is 6.15. The largest absolute Gasteiger partial charge is 0.421 e. The predicted octanol–water partition coefficient (Wildman–Crippen LogP) is 17.9. The Morgan fingerprint density at radius 3 is 1.06 bits per heavy atom. The Kier molecular flexibility index (Phi) is 12.7. The zero-order valence-electron chi connectivity index (χ0n) is 45.5. The molecule has 0 spiro atoms. The van der Waals surface area contributed by atoms with Crippen LogP contribution in [0.4, 0.5) is 0 Å². The maximum Gasteiger partial charge on any atom is 0.221 e. The average molecular weight is 1070 g/mol. The molecule has 11 aromatic carbocycles. The summed E-state index contributed by atoms with van der Waals surface area (Å²) < 4.78 is 18.9. The van der Waals surface area contributed by atoms with Gasteiger partial charge in [0.15, 0.2) is 0 Å². The predicted molar refractivity (Wildman–Crippen MR) is 341 cm³/mol. The van der Waals surface area contributed by atoms with Crippen molar-refractivity contribution in [3.8, 4) is 33.6 Å². The van der Waals surface area contributed by atoms with Crippen molar-refractivity contribution < 1.29 is 9.47 Å². The van der Waals surface area contributed by atoms with Gasteiger partial charge in [0.2, 0.25) is 23.6 Å². The third kappa shape index (κ3) is 9.30. The van der Waals surface area contributed by atoms with Crippen molar-refractivity contribution in [3.63, 3.8) is 0 Å². The third-order valence-electron chi connectivity index (χ3n) is 16.0. The first-order valence-corrected chi connectivity index (χ1v) is 27.9. The van der Waals surface area contributed by atoms with Crippen LogP contribution in [-0.2, 0) is 22.4 Å². The lowest BCUT2D eigenvalue weighted by atomic mass is 9.96. The highest BCUT2D eigenvalue weighted by Crippen LogP contribution is 2.41. The highest BCUT2D eigenvalue weighted by Gasteiger charge is 2.21. The quantitative estimate of drug-likeness (QED) is 0.0718. The molecule has 0 amide bonds. The molecule has 0 radical (unpaired) electrons. The Bertz CT molecular complexity index is 4590. The van der Waals surface area contributed by atoms with Gasteiger partial charge >= 0.3 is 0 Å². The van der Waals surface area contributed by atoms with Gasteiger partial charge in [0.1, 0.15) is 0 Å². The van der Waals surface area contributed by atoms with E-state index in [1.807, 2.05) is 48.5 Å². The van der Waals surface area contributed by atoms with Crippen LogP contribution in [0.25, 0.3) is 99.0 Å². The van der Waals surface area contributed by atoms with Gasteiger partial charge in [-0.3, -0.25) is 21.6 Å². The van der Waals surface area contributed by atoms with Gasteiger partial charge in [0.05, 0.1) is 22.1 Å². The van der Waals surface area contributed by atoms with Crippen molar-refractivity contribution in [2.45, 2.75) is 19.9 Å². The van der Waals surface area contributed by atoms with Gasteiger partial charge in [-0.25, -0.2) is 0 Å². The second-order valence-corrected chi connectivity index (χ2v) is 21.4. The Hall–Kier alpha value is -10.9. The number of nitrogens with zero attached hydrogens (tertiary/aromatic N) is 3. The van der Waals surface area contributed by atoms with Crippen LogP contribution in [0.1, 0.15) is 34.7 Å². The molecule has 14 aromatic rings. The maximum atomic E-state index is 9.10. The zero-order chi connectivity index (χ0) is 56.1. The second kappa shape index (κ2) is 21.0. The van der Waals surface area contributed by atoms with E-state index >= 15 is 0 Å². The summed E-state index contributed by atoms with van der Waals surface area (Å²) in [5, 5.41) is 42.7. The molecule has 1 atom stereocenters. The van der Waals surface area contributed by atoms with E-state index in [1.165, 1.54) is 32.6 Å². The number of aromatic nitrogens is 3. The molecule has 14 rings (SSSR count). The normalized spacial score (nSPS) is 11.9. The van der Waals surface area contributed by atoms with E-state index in [1.54, 1.807) is 30.3 Å². The number of hydrogen-bond donors (Lipinski definition) is 4. The van der Waals surface area contributed by atoms with Gasteiger partial charge in [0, 0.05) is 83.5 Å². The maximum absolute atomic E-state index is 9.10. The van der Waals surface area contributed by atoms with Crippen LogP contribution in [0.3, 0.4) is 0 Å². The summed E-state index contributed by atoms with van der Waals surface area (Å²) in [6.45, 7) is 2.89. The van der Waals surface area contributed by atoms with E-state index in [-0.39, 0.29) is 29.5 Å². The second-order valence-electron chi connectivity index (χ2n) is 21.4. The summed E-state index contributed by atoms with van der Waals surface area (Å²) in [4.78, 5) is 0. The van der Waals surface area contributed by atoms with Gasteiger partial charge in [0.25, 0.3) is 0 Å². The molecule has 0 saturated carbocycles. The monoisotopic (exact) mass is 1070 g/mol. The first kappa shape index (κ1) is 50.3. The summed E-state index contributed by atoms with van der Waals surface area (Å²) in [5.41, 5.74) is 16.4. The summed E-state index contributed by atoms with van der Waals surface area (Å²) in [5.74, 6) is -0.703. The Labute approximate surface area is 479 Å². The topological polar surface area (TPSA) is 129 Å². The Balaban J connectivity index is 0.863. The number of ether oxygens (including phenoxy) is 2. The average Bonchev–Trinajstić information content (AvgIpc) is 4.22. The number of fused-ring (bicyclic) bond motifs is 9. The van der Waals surface area contributed by atoms with Crippen molar-refractivity contribution in [1.29, 1.82) is 21.6 Å². The van der Waals surface area contributed by atoms with Gasteiger partial charge in [-0.05, 0) is 168 Å². The van der Waals surface area contributed by atoms with Gasteiger partial charge in [-0.1, -0.05) is 140 Å². The molecule has 398 valence electrons. The van der Waals surface area contributed by atoms with E-state index in [2.05, 4.69) is 203 Å². The number of benzene rings is 11. The molecule has 4 N–H and O–H groups in total. The highest BCUT2D eigenvalue weighted by atomic mass is 16.5. The molecular formula is C74H55N7O2. The number of para-hydroxylation sites is 4. The first-order chi connectivity index (χ1) is 40.7. The van der Waals surface area contributed by atoms with Gasteiger partial charge < -0.3 is 23.2 Å². The molecule has 0 bridgehead atoms. The van der Waals surface area contributed by atoms with Crippen LogP contribution in [0.15, 0.2) is 261 Å². The van der Waals surface area contributed by atoms with Crippen molar-refractivity contribution in [2.75, 3.05) is 0 Å². The van der Waals surface area contributed by atoms with E-state index in [0.29, 0.717) is 35.2 Å². The Morgan fingerprint density at radius 1 is 0.325 bits per heavy atom. The van der Waals surface area contributed by atoms with Crippen molar-refractivity contribution in [3.05, 3.63) is 289 Å². The summed E-state index contributed by atoms with van der Waals surface area (Å²) in [6, 6.07) is 89.6. The van der Waals surface area contributed by atoms with Crippen LogP contribution >= 0.6 is 0 Å². The summed E-state index contributed by atoms with van der Waals surface area (Å²) in [6.07, 6.45) is 0.582. The molecule has 3 aromatic heterocycles. The third-order valence-corrected chi connectivity index (χ3v) is 16.0. The summed E-state index contributed by atoms with van der Waals surface area (Å²) in [7, 11) is 0. The van der Waals surface area contributed by atoms with Gasteiger partial charge in [-0.15, -0.1) is 0 Å². The van der Waals surface area contributed by atoms with Crippen molar-refractivity contribution in [1.82, 2.24) is 13.7 Å². The molecule has 0 saturated heterocycles. The fourth-order valence-electron chi connectivity index (χ4n) is 12.1. The molecule has 0 aliphatic carbocycles. The standard InChI is InChI=1S/C74H55N7O2/c1-47(38-48-39-55(73(77)82-71(75)49-18-6-2-7-19-49)41-56(40-48)74(78)83-72(76)50-20-8-3-9-21-50)46-79-65-34-30-51(53-32-36-69-61(42-53)59-26-14-16-28-67(59)80(69)57-22-10-4-11-23-57)44-63(65)64-45-52(31-35-66(64)79)54-33-37-70-62(43-54)60-27-15-17-29-68(60)81(70)58-24-12-5-13-25-58/h2-37,39-45,47,75-78H,38,46H2,1H3. The lowest BCUT2D eigenvalue weighted by Crippen LogP contribution is -2.17. The fourth-order valence-corrected chi connectivity index (χ4v) is 12.1. The van der Waals surface area contributed by atoms with Crippen LogP contribution in [0.5, 0.6) is 0 Å². The lowest BCUT2D eigenvalue weighted by molar-refractivity contribution is 0.496. The molecule has 0 aliphatic rings. The molecule has 1 unspecified atom stereocenters. The molecule has 3 heterocycles. The van der Waals surface area contributed by atoms with Crippen LogP contribution in [-0.4, -0.2) is 37.3 Å². The molecular weight excluding hydrogens is 1020 g/mol. The molecule has 9 nitrogen and oxygen atoms in total. The summed E-state index contributed by atoms with van der Waals surface area (Å²) >= 11 is 0. The van der Waals surface area contributed by atoms with E-state index in [4.69, 9.17) is 31.1 Å². The first-order valence-electron chi connectivity index (χ1n) is 27.9. The van der Waals surface area contributed by atoms with Crippen LogP contribution in [0.2, 0.25) is 0 Å². The van der Waals surface area contributed by atoms with Gasteiger partial charge in [-0.2, -0.15) is 0 Å². The minimum absolute atomic E-state index is 0.0559. The number of rotatable bonds is 12. The lowest BCUT2D eigenvalue weighted by Gasteiger charge is -2.18. The molecule has 0 fully saturated rings. The molecule has 9 heteroatoms. The fraction of sp³-hybridized carbons (Fsp3) is 0.0541. The van der Waals surface area contributed by atoms with E-state index in [0.717, 1.165) is 72.0 Å². The molecule has 83 heavy (non-hydrogen) atoms. The SMILES string of the molecule is CC(Cc1cc(C(=N)OC(=N)c2ccccc2)cc(C(=N)OC(=N)c2ccccc2)c1)Cn1c2ccc(-c3ccc4c(c3)c3ccccc3n4-c3ccccc3)cc2c2cc(-c3ccc4c(c3)c3ccccc3n4-c3ccccc3)ccc21.